The lowest BCUT2D eigenvalue weighted by Crippen LogP contribution is -2.39. The van der Waals surface area contributed by atoms with Gasteiger partial charge in [0.25, 0.3) is 0 Å². The van der Waals surface area contributed by atoms with Crippen molar-refractivity contribution in [3.05, 3.63) is 29.8 Å². The summed E-state index contributed by atoms with van der Waals surface area (Å²) < 4.78 is 11.1. The molecule has 114 valence electrons. The van der Waals surface area contributed by atoms with Crippen LogP contribution in [0.4, 0.5) is 0 Å². The Hall–Kier alpha value is -1.59. The van der Waals surface area contributed by atoms with Crippen LogP contribution >= 0.6 is 0 Å². The average molecular weight is 291 g/mol. The van der Waals surface area contributed by atoms with E-state index < -0.39 is 5.97 Å². The zero-order valence-electron chi connectivity index (χ0n) is 12.0. The van der Waals surface area contributed by atoms with E-state index in [1.165, 1.54) is 5.56 Å². The molecule has 2 aliphatic heterocycles. The minimum Gasteiger partial charge on any atom is -0.493 e. The summed E-state index contributed by atoms with van der Waals surface area (Å²) >= 11 is 0. The number of carboxylic acid groups (broad SMARTS) is 1. The van der Waals surface area contributed by atoms with Crippen LogP contribution in [-0.2, 0) is 9.53 Å². The molecular weight excluding hydrogens is 270 g/mol. The minimum absolute atomic E-state index is 0.0875. The van der Waals surface area contributed by atoms with E-state index >= 15 is 0 Å². The largest absolute Gasteiger partial charge is 0.493 e. The molecule has 0 radical (unpaired) electrons. The van der Waals surface area contributed by atoms with Crippen LogP contribution in [0.3, 0.4) is 0 Å². The van der Waals surface area contributed by atoms with E-state index in [1.54, 1.807) is 0 Å². The van der Waals surface area contributed by atoms with Gasteiger partial charge in [-0.25, -0.2) is 4.79 Å². The molecule has 0 aromatic heterocycles. The molecule has 21 heavy (non-hydrogen) atoms. The van der Waals surface area contributed by atoms with E-state index in [0.717, 1.165) is 44.8 Å². The number of carbonyl (C=O) groups is 1. The second-order valence-electron chi connectivity index (χ2n) is 5.75. The number of piperidine rings is 1. The first-order valence-electron chi connectivity index (χ1n) is 7.50. The first-order chi connectivity index (χ1) is 10.2. The first kappa shape index (κ1) is 14.4. The molecule has 1 atom stereocenters. The van der Waals surface area contributed by atoms with Crippen molar-refractivity contribution in [3.63, 3.8) is 0 Å². The third-order valence-corrected chi connectivity index (χ3v) is 4.25. The zero-order valence-corrected chi connectivity index (χ0v) is 12.0. The molecule has 0 aliphatic carbocycles. The van der Waals surface area contributed by atoms with Crippen LogP contribution in [0.5, 0.6) is 5.75 Å². The predicted octanol–water partition coefficient (Wildman–Crippen LogP) is 1.73. The second kappa shape index (κ2) is 6.45. The molecule has 3 rings (SSSR count). The fourth-order valence-electron chi connectivity index (χ4n) is 3.14. The van der Waals surface area contributed by atoms with Crippen LogP contribution in [0.15, 0.2) is 24.3 Å². The molecule has 2 aliphatic rings. The quantitative estimate of drug-likeness (QED) is 0.895. The normalized spacial score (nSPS) is 22.8. The Balaban J connectivity index is 1.47. The lowest BCUT2D eigenvalue weighted by molar-refractivity contribution is -0.145. The number of carboxylic acids is 1. The van der Waals surface area contributed by atoms with Gasteiger partial charge in [-0.1, -0.05) is 18.2 Å². The second-order valence-corrected chi connectivity index (χ2v) is 5.75. The molecule has 1 aromatic carbocycles. The maximum atomic E-state index is 10.5. The number of para-hydroxylation sites is 1. The van der Waals surface area contributed by atoms with E-state index in [2.05, 4.69) is 17.0 Å². The van der Waals surface area contributed by atoms with Crippen molar-refractivity contribution in [2.24, 2.45) is 0 Å². The first-order valence-corrected chi connectivity index (χ1v) is 7.50. The number of likely N-dealkylation sites (tertiary alicyclic amines) is 1. The molecule has 1 N–H and O–H groups in total. The van der Waals surface area contributed by atoms with Gasteiger partial charge in [-0.05, 0) is 18.9 Å². The smallest absolute Gasteiger partial charge is 0.329 e. The number of benzene rings is 1. The van der Waals surface area contributed by atoms with Gasteiger partial charge in [-0.2, -0.15) is 0 Å². The highest BCUT2D eigenvalue weighted by atomic mass is 16.5. The van der Waals surface area contributed by atoms with Crippen molar-refractivity contribution in [2.75, 3.05) is 32.8 Å². The van der Waals surface area contributed by atoms with Crippen LogP contribution in [0.25, 0.3) is 0 Å². The number of rotatable bonds is 5. The summed E-state index contributed by atoms with van der Waals surface area (Å²) in [5, 5.41) is 8.63. The van der Waals surface area contributed by atoms with Crippen molar-refractivity contribution in [2.45, 2.75) is 24.9 Å². The predicted molar refractivity (Wildman–Crippen MR) is 77.7 cm³/mol. The molecule has 0 saturated carbocycles. The Labute approximate surface area is 124 Å². The Morgan fingerprint density at radius 3 is 2.86 bits per heavy atom. The molecule has 2 heterocycles. The Kier molecular flexibility index (Phi) is 4.41. The minimum atomic E-state index is -0.892. The molecule has 0 amide bonds. The fraction of sp³-hybridized carbons (Fsp3) is 0.562. The number of aliphatic carboxylic acids is 1. The molecule has 5 heteroatoms. The molecular formula is C16H21NO4. The van der Waals surface area contributed by atoms with Crippen LogP contribution in [0.2, 0.25) is 0 Å². The summed E-state index contributed by atoms with van der Waals surface area (Å²) in [6.45, 7) is 3.50. The van der Waals surface area contributed by atoms with Crippen LogP contribution in [-0.4, -0.2) is 54.9 Å². The van der Waals surface area contributed by atoms with Gasteiger partial charge in [0.2, 0.25) is 0 Å². The summed E-state index contributed by atoms with van der Waals surface area (Å²) in [5.74, 6) is 0.567. The maximum Gasteiger partial charge on any atom is 0.329 e. The van der Waals surface area contributed by atoms with Gasteiger partial charge in [0, 0.05) is 31.1 Å². The van der Waals surface area contributed by atoms with Gasteiger partial charge >= 0.3 is 5.97 Å². The molecule has 0 spiro atoms. The standard InChI is InChI=1S/C16H21NO4/c18-16(19)11-20-13-5-7-17(8-6-13)9-12-10-21-15-4-2-1-3-14(12)15/h1-4,12-13H,5-11H2,(H,18,19). The van der Waals surface area contributed by atoms with Gasteiger partial charge in [0.05, 0.1) is 12.7 Å². The highest BCUT2D eigenvalue weighted by Gasteiger charge is 2.28. The number of hydrogen-bond acceptors (Lipinski definition) is 4. The monoisotopic (exact) mass is 291 g/mol. The van der Waals surface area contributed by atoms with Gasteiger partial charge in [0.1, 0.15) is 12.4 Å². The number of ether oxygens (including phenoxy) is 2. The van der Waals surface area contributed by atoms with Gasteiger partial charge in [0.15, 0.2) is 0 Å². The van der Waals surface area contributed by atoms with E-state index in [-0.39, 0.29) is 12.7 Å². The van der Waals surface area contributed by atoms with Crippen molar-refractivity contribution in [1.29, 1.82) is 0 Å². The number of hydrogen-bond donors (Lipinski definition) is 1. The number of nitrogens with zero attached hydrogens (tertiary/aromatic N) is 1. The van der Waals surface area contributed by atoms with E-state index in [0.29, 0.717) is 5.92 Å². The Bertz CT molecular complexity index is 497. The van der Waals surface area contributed by atoms with Crippen LogP contribution in [0.1, 0.15) is 24.3 Å². The highest BCUT2D eigenvalue weighted by molar-refractivity contribution is 5.68. The molecule has 5 nitrogen and oxygen atoms in total. The van der Waals surface area contributed by atoms with Crippen molar-refractivity contribution in [1.82, 2.24) is 4.90 Å². The van der Waals surface area contributed by atoms with Crippen molar-refractivity contribution >= 4 is 5.97 Å². The Morgan fingerprint density at radius 1 is 1.33 bits per heavy atom. The average Bonchev–Trinajstić information content (AvgIpc) is 2.90. The van der Waals surface area contributed by atoms with E-state index in [1.807, 2.05) is 12.1 Å². The summed E-state index contributed by atoms with van der Waals surface area (Å²) in [6, 6.07) is 8.25. The topological polar surface area (TPSA) is 59.0 Å². The van der Waals surface area contributed by atoms with Crippen LogP contribution < -0.4 is 4.74 Å². The fourth-order valence-corrected chi connectivity index (χ4v) is 3.14. The third kappa shape index (κ3) is 3.54. The van der Waals surface area contributed by atoms with E-state index in [9.17, 15) is 4.79 Å². The molecule has 1 fully saturated rings. The molecule has 0 bridgehead atoms. The van der Waals surface area contributed by atoms with Gasteiger partial charge < -0.3 is 19.5 Å². The Morgan fingerprint density at radius 2 is 2.10 bits per heavy atom. The van der Waals surface area contributed by atoms with Crippen LogP contribution in [0, 0.1) is 0 Å². The molecule has 1 aromatic rings. The molecule has 1 unspecified atom stereocenters. The summed E-state index contributed by atoms with van der Waals surface area (Å²) in [5.41, 5.74) is 1.31. The van der Waals surface area contributed by atoms with Crippen molar-refractivity contribution in [3.8, 4) is 5.75 Å². The summed E-state index contributed by atoms with van der Waals surface area (Å²) in [4.78, 5) is 12.9. The van der Waals surface area contributed by atoms with Crippen molar-refractivity contribution < 1.29 is 19.4 Å². The zero-order chi connectivity index (χ0) is 14.7. The van der Waals surface area contributed by atoms with E-state index in [4.69, 9.17) is 14.6 Å². The maximum absolute atomic E-state index is 10.5. The highest BCUT2D eigenvalue weighted by Crippen LogP contribution is 2.34. The SMILES string of the molecule is O=C(O)COC1CCN(CC2COc3ccccc32)CC1. The molecule has 1 saturated heterocycles. The lowest BCUT2D eigenvalue weighted by atomic mass is 9.99. The lowest BCUT2D eigenvalue weighted by Gasteiger charge is -2.32. The summed E-state index contributed by atoms with van der Waals surface area (Å²) in [7, 11) is 0. The summed E-state index contributed by atoms with van der Waals surface area (Å²) in [6.07, 6.45) is 1.90. The van der Waals surface area contributed by atoms with Gasteiger partial charge in [-0.15, -0.1) is 0 Å². The third-order valence-electron chi connectivity index (χ3n) is 4.25. The van der Waals surface area contributed by atoms with Gasteiger partial charge in [-0.3, -0.25) is 0 Å². The number of fused-ring (bicyclic) bond motifs is 1.